The second-order valence-corrected chi connectivity index (χ2v) is 7.14. The lowest BCUT2D eigenvalue weighted by Crippen LogP contribution is -2.47. The molecule has 134 valence electrons. The summed E-state index contributed by atoms with van der Waals surface area (Å²) in [5, 5.41) is 3.07. The van der Waals surface area contributed by atoms with Crippen molar-refractivity contribution in [1.82, 2.24) is 0 Å². The van der Waals surface area contributed by atoms with Crippen LogP contribution in [0.5, 0.6) is 5.75 Å². The molecule has 1 amide bonds. The number of ether oxygens (including phenoxy) is 2. The summed E-state index contributed by atoms with van der Waals surface area (Å²) in [7, 11) is 1.65. The van der Waals surface area contributed by atoms with Crippen molar-refractivity contribution in [1.29, 1.82) is 0 Å². The molecule has 0 aromatic heterocycles. The van der Waals surface area contributed by atoms with Crippen LogP contribution in [0.2, 0.25) is 0 Å². The number of methoxy groups -OCH3 is 1. The number of carbonyl (C=O) groups excluding carboxylic acids is 1. The van der Waals surface area contributed by atoms with Gasteiger partial charge in [-0.05, 0) is 68.7 Å². The Morgan fingerprint density at radius 3 is 2.54 bits per heavy atom. The van der Waals surface area contributed by atoms with Crippen molar-refractivity contribution in [2.75, 3.05) is 19.0 Å². The highest BCUT2D eigenvalue weighted by Crippen LogP contribution is 2.36. The van der Waals surface area contributed by atoms with Crippen molar-refractivity contribution >= 4 is 11.6 Å². The van der Waals surface area contributed by atoms with Gasteiger partial charge in [0.1, 0.15) is 11.4 Å². The van der Waals surface area contributed by atoms with Crippen LogP contribution in [-0.2, 0) is 9.53 Å². The summed E-state index contributed by atoms with van der Waals surface area (Å²) in [6, 6.07) is 3.96. The first-order valence-corrected chi connectivity index (χ1v) is 9.02. The van der Waals surface area contributed by atoms with Crippen LogP contribution in [0.4, 0.5) is 5.69 Å². The van der Waals surface area contributed by atoms with E-state index in [1.54, 1.807) is 7.11 Å². The first-order chi connectivity index (χ1) is 11.4. The summed E-state index contributed by atoms with van der Waals surface area (Å²) >= 11 is 0. The highest BCUT2D eigenvalue weighted by Gasteiger charge is 2.42. The lowest BCUT2D eigenvalue weighted by atomic mass is 9.78. The highest BCUT2D eigenvalue weighted by molar-refractivity contribution is 5.97. The molecular weight excluding hydrogens is 302 g/mol. The van der Waals surface area contributed by atoms with Crippen molar-refractivity contribution in [3.05, 3.63) is 23.3 Å². The quantitative estimate of drug-likeness (QED) is 0.826. The standard InChI is InChI=1S/C20H31NO3/c1-6-10-24-18-15(3)11-17(12-16(18)4)21-19(22)20(23-5)9-7-8-14(2)13-20/h11-12,14H,6-10,13H2,1-5H3,(H,21,22)/t14-,20+/m0/s1. The number of hydrogen-bond acceptors (Lipinski definition) is 3. The third-order valence-corrected chi connectivity index (χ3v) is 4.93. The van der Waals surface area contributed by atoms with Gasteiger partial charge in [0.15, 0.2) is 0 Å². The zero-order valence-electron chi connectivity index (χ0n) is 15.7. The van der Waals surface area contributed by atoms with Crippen molar-refractivity contribution in [3.8, 4) is 5.75 Å². The largest absolute Gasteiger partial charge is 0.493 e. The van der Waals surface area contributed by atoms with Crippen LogP contribution in [0.25, 0.3) is 0 Å². The van der Waals surface area contributed by atoms with Gasteiger partial charge < -0.3 is 14.8 Å². The lowest BCUT2D eigenvalue weighted by molar-refractivity contribution is -0.143. The average molecular weight is 333 g/mol. The van der Waals surface area contributed by atoms with E-state index in [4.69, 9.17) is 9.47 Å². The molecule has 1 aliphatic carbocycles. The molecule has 0 saturated heterocycles. The Kier molecular flexibility index (Phi) is 6.27. The van der Waals surface area contributed by atoms with E-state index in [0.29, 0.717) is 12.5 Å². The zero-order chi connectivity index (χ0) is 17.7. The van der Waals surface area contributed by atoms with E-state index in [9.17, 15) is 4.79 Å². The molecule has 2 atom stereocenters. The van der Waals surface area contributed by atoms with Crippen molar-refractivity contribution < 1.29 is 14.3 Å². The van der Waals surface area contributed by atoms with E-state index in [-0.39, 0.29) is 5.91 Å². The Morgan fingerprint density at radius 2 is 2.00 bits per heavy atom. The van der Waals surface area contributed by atoms with Gasteiger partial charge in [-0.2, -0.15) is 0 Å². The van der Waals surface area contributed by atoms with E-state index < -0.39 is 5.60 Å². The Balaban J connectivity index is 2.16. The van der Waals surface area contributed by atoms with Crippen LogP contribution in [0.1, 0.15) is 57.1 Å². The summed E-state index contributed by atoms with van der Waals surface area (Å²) in [6.07, 6.45) is 4.75. The molecular formula is C20H31NO3. The highest BCUT2D eigenvalue weighted by atomic mass is 16.5. The van der Waals surface area contributed by atoms with Gasteiger partial charge in [0.05, 0.1) is 6.61 Å². The molecule has 0 radical (unpaired) electrons. The molecule has 0 unspecified atom stereocenters. The molecule has 1 aromatic rings. The molecule has 0 spiro atoms. The first-order valence-electron chi connectivity index (χ1n) is 9.02. The van der Waals surface area contributed by atoms with Crippen molar-refractivity contribution in [3.63, 3.8) is 0 Å². The Bertz CT molecular complexity index is 561. The molecule has 4 nitrogen and oxygen atoms in total. The van der Waals surface area contributed by atoms with Gasteiger partial charge in [-0.15, -0.1) is 0 Å². The molecule has 1 saturated carbocycles. The number of aryl methyl sites for hydroxylation is 2. The fourth-order valence-electron chi connectivity index (χ4n) is 3.69. The maximum Gasteiger partial charge on any atom is 0.256 e. The summed E-state index contributed by atoms with van der Waals surface area (Å²) in [5.74, 6) is 1.40. The summed E-state index contributed by atoms with van der Waals surface area (Å²) in [4.78, 5) is 12.9. The predicted molar refractivity (Wildman–Crippen MR) is 97.7 cm³/mol. The molecule has 0 aliphatic heterocycles. The fraction of sp³-hybridized carbons (Fsp3) is 0.650. The van der Waals surface area contributed by atoms with Crippen LogP contribution in [0.15, 0.2) is 12.1 Å². The predicted octanol–water partition coefficient (Wildman–Crippen LogP) is 4.63. The molecule has 0 bridgehead atoms. The maximum absolute atomic E-state index is 12.9. The minimum atomic E-state index is -0.698. The smallest absolute Gasteiger partial charge is 0.256 e. The minimum Gasteiger partial charge on any atom is -0.493 e. The third-order valence-electron chi connectivity index (χ3n) is 4.93. The van der Waals surface area contributed by atoms with Crippen LogP contribution in [-0.4, -0.2) is 25.2 Å². The monoisotopic (exact) mass is 333 g/mol. The van der Waals surface area contributed by atoms with Gasteiger partial charge >= 0.3 is 0 Å². The SMILES string of the molecule is CCCOc1c(C)cc(NC(=O)[C@@]2(OC)CCC[C@H](C)C2)cc1C. The van der Waals surface area contributed by atoms with E-state index in [0.717, 1.165) is 48.2 Å². The second-order valence-electron chi connectivity index (χ2n) is 7.14. The van der Waals surface area contributed by atoms with Gasteiger partial charge in [-0.3, -0.25) is 4.79 Å². The second kappa shape index (κ2) is 8.02. The van der Waals surface area contributed by atoms with Gasteiger partial charge in [0.25, 0.3) is 5.91 Å². The molecule has 1 aromatic carbocycles. The van der Waals surface area contributed by atoms with Gasteiger partial charge in [0, 0.05) is 12.8 Å². The van der Waals surface area contributed by atoms with Crippen LogP contribution in [0, 0.1) is 19.8 Å². The molecule has 24 heavy (non-hydrogen) atoms. The number of anilines is 1. The number of amides is 1. The lowest BCUT2D eigenvalue weighted by Gasteiger charge is -2.37. The maximum atomic E-state index is 12.9. The Hall–Kier alpha value is -1.55. The van der Waals surface area contributed by atoms with E-state index >= 15 is 0 Å². The molecule has 1 aliphatic rings. The minimum absolute atomic E-state index is 0.0300. The number of nitrogens with one attached hydrogen (secondary N) is 1. The normalized spacial score (nSPS) is 23.8. The molecule has 2 rings (SSSR count). The summed E-state index contributed by atoms with van der Waals surface area (Å²) < 4.78 is 11.5. The topological polar surface area (TPSA) is 47.6 Å². The molecule has 1 fully saturated rings. The van der Waals surface area contributed by atoms with E-state index in [1.165, 1.54) is 6.42 Å². The Morgan fingerprint density at radius 1 is 1.33 bits per heavy atom. The first kappa shape index (κ1) is 18.8. The molecule has 0 heterocycles. The van der Waals surface area contributed by atoms with E-state index in [2.05, 4.69) is 19.2 Å². The number of rotatable bonds is 6. The molecule has 4 heteroatoms. The van der Waals surface area contributed by atoms with Gasteiger partial charge in [0.2, 0.25) is 0 Å². The van der Waals surface area contributed by atoms with E-state index in [1.807, 2.05) is 26.0 Å². The van der Waals surface area contributed by atoms with Crippen LogP contribution < -0.4 is 10.1 Å². The van der Waals surface area contributed by atoms with Crippen LogP contribution >= 0.6 is 0 Å². The molecule has 1 N–H and O–H groups in total. The third kappa shape index (κ3) is 4.10. The van der Waals surface area contributed by atoms with Crippen molar-refractivity contribution in [2.45, 2.75) is 65.4 Å². The summed E-state index contributed by atoms with van der Waals surface area (Å²) in [6.45, 7) is 9.02. The number of benzene rings is 1. The Labute approximate surface area is 145 Å². The number of carbonyl (C=O) groups is 1. The van der Waals surface area contributed by atoms with Crippen LogP contribution in [0.3, 0.4) is 0 Å². The fourth-order valence-corrected chi connectivity index (χ4v) is 3.69. The summed E-state index contributed by atoms with van der Waals surface area (Å²) in [5.41, 5.74) is 2.20. The van der Waals surface area contributed by atoms with Gasteiger partial charge in [-0.25, -0.2) is 0 Å². The average Bonchev–Trinajstić information content (AvgIpc) is 2.54. The van der Waals surface area contributed by atoms with Gasteiger partial charge in [-0.1, -0.05) is 20.3 Å². The van der Waals surface area contributed by atoms with Crippen molar-refractivity contribution in [2.24, 2.45) is 5.92 Å². The number of hydrogen-bond donors (Lipinski definition) is 1. The zero-order valence-corrected chi connectivity index (χ0v) is 15.7.